The van der Waals surface area contributed by atoms with Crippen molar-refractivity contribution in [2.24, 2.45) is 11.8 Å². The molecule has 5 nitrogen and oxygen atoms in total. The molecule has 5 heteroatoms. The molecule has 0 spiro atoms. The second-order valence-corrected chi connectivity index (χ2v) is 6.98. The van der Waals surface area contributed by atoms with Gasteiger partial charge in [-0.2, -0.15) is 5.10 Å². The zero-order valence-electron chi connectivity index (χ0n) is 14.0. The Balaban J connectivity index is 1.59. The van der Waals surface area contributed by atoms with Crippen molar-refractivity contribution in [3.8, 4) is 0 Å². The van der Waals surface area contributed by atoms with Gasteiger partial charge in [0.1, 0.15) is 0 Å². The molecule has 0 aliphatic carbocycles. The second kappa shape index (κ2) is 7.11. The lowest BCUT2D eigenvalue weighted by molar-refractivity contribution is 0.175. The van der Waals surface area contributed by atoms with Crippen LogP contribution in [0.1, 0.15) is 31.0 Å². The van der Waals surface area contributed by atoms with Gasteiger partial charge >= 0.3 is 0 Å². The smallest absolute Gasteiger partial charge is 0.0537 e. The van der Waals surface area contributed by atoms with E-state index in [0.717, 1.165) is 32.7 Å². The highest BCUT2D eigenvalue weighted by Crippen LogP contribution is 2.27. The van der Waals surface area contributed by atoms with Gasteiger partial charge in [-0.15, -0.1) is 0 Å². The summed E-state index contributed by atoms with van der Waals surface area (Å²) in [4.78, 5) is 5.09. The molecule has 0 amide bonds. The molecule has 1 aromatic rings. The molecule has 3 rings (SSSR count). The number of aliphatic hydroxyl groups is 1. The summed E-state index contributed by atoms with van der Waals surface area (Å²) in [6.07, 6.45) is 4.70. The van der Waals surface area contributed by atoms with Crippen LogP contribution in [0, 0.1) is 18.8 Å². The molecule has 0 bridgehead atoms. The third-order valence-electron chi connectivity index (χ3n) is 5.48. The molecule has 2 fully saturated rings. The lowest BCUT2D eigenvalue weighted by Gasteiger charge is -2.23. The first kappa shape index (κ1) is 16.0. The number of rotatable bonds is 6. The lowest BCUT2D eigenvalue weighted by Crippen LogP contribution is -2.31. The van der Waals surface area contributed by atoms with Gasteiger partial charge in [-0.3, -0.25) is 9.58 Å². The summed E-state index contributed by atoms with van der Waals surface area (Å²) in [6, 6.07) is 0. The van der Waals surface area contributed by atoms with Crippen LogP contribution in [0.4, 0.5) is 0 Å². The average Bonchev–Trinajstić information content (AvgIpc) is 3.23. The minimum Gasteiger partial charge on any atom is -0.396 e. The number of aryl methyl sites for hydroxylation is 1. The minimum absolute atomic E-state index is 0.322. The Morgan fingerprint density at radius 1 is 1.18 bits per heavy atom. The zero-order chi connectivity index (χ0) is 15.5. The molecule has 0 unspecified atom stereocenters. The third kappa shape index (κ3) is 3.36. The van der Waals surface area contributed by atoms with Gasteiger partial charge in [-0.25, -0.2) is 0 Å². The Bertz CT molecular complexity index is 481. The number of nitrogens with zero attached hydrogens (tertiary/aromatic N) is 4. The molecule has 22 heavy (non-hydrogen) atoms. The van der Waals surface area contributed by atoms with Crippen molar-refractivity contribution in [1.29, 1.82) is 0 Å². The number of likely N-dealkylation sites (tertiary alicyclic amines) is 2. The first-order valence-electron chi connectivity index (χ1n) is 8.78. The zero-order valence-corrected chi connectivity index (χ0v) is 14.0. The van der Waals surface area contributed by atoms with Gasteiger partial charge in [0.05, 0.1) is 6.20 Å². The molecule has 1 N–H and O–H groups in total. The molecule has 124 valence electrons. The SMILES string of the molecule is CCn1ncc(CN2C[C@@H](CN3CCCC3)[C@@H](CO)C2)c1C. The van der Waals surface area contributed by atoms with Crippen LogP contribution in [-0.2, 0) is 13.1 Å². The summed E-state index contributed by atoms with van der Waals surface area (Å²) in [5.41, 5.74) is 2.62. The van der Waals surface area contributed by atoms with Crippen molar-refractivity contribution in [3.63, 3.8) is 0 Å². The van der Waals surface area contributed by atoms with Gasteiger partial charge in [-0.05, 0) is 51.6 Å². The van der Waals surface area contributed by atoms with Crippen LogP contribution in [0.2, 0.25) is 0 Å². The highest BCUT2D eigenvalue weighted by molar-refractivity contribution is 5.16. The van der Waals surface area contributed by atoms with Crippen LogP contribution in [0.25, 0.3) is 0 Å². The fourth-order valence-electron chi connectivity index (χ4n) is 4.08. The first-order valence-corrected chi connectivity index (χ1v) is 8.78. The van der Waals surface area contributed by atoms with Crippen LogP contribution in [0.15, 0.2) is 6.20 Å². The number of aromatic nitrogens is 2. The molecule has 2 aliphatic heterocycles. The fraction of sp³-hybridized carbons (Fsp3) is 0.824. The summed E-state index contributed by atoms with van der Waals surface area (Å²) in [7, 11) is 0. The lowest BCUT2D eigenvalue weighted by atomic mass is 9.96. The monoisotopic (exact) mass is 306 g/mol. The van der Waals surface area contributed by atoms with Gasteiger partial charge in [0, 0.05) is 50.6 Å². The minimum atomic E-state index is 0.322. The van der Waals surface area contributed by atoms with Gasteiger partial charge in [-0.1, -0.05) is 0 Å². The van der Waals surface area contributed by atoms with E-state index in [0.29, 0.717) is 18.4 Å². The van der Waals surface area contributed by atoms with Crippen molar-refractivity contribution in [1.82, 2.24) is 19.6 Å². The molecule has 2 atom stereocenters. The molecule has 2 aliphatic rings. The van der Waals surface area contributed by atoms with Crippen molar-refractivity contribution in [2.45, 2.75) is 39.8 Å². The molecule has 2 saturated heterocycles. The third-order valence-corrected chi connectivity index (χ3v) is 5.48. The van der Waals surface area contributed by atoms with Crippen LogP contribution < -0.4 is 0 Å². The molecule has 0 radical (unpaired) electrons. The summed E-state index contributed by atoms with van der Waals surface area (Å²) < 4.78 is 2.07. The highest BCUT2D eigenvalue weighted by atomic mass is 16.3. The van der Waals surface area contributed by atoms with Gasteiger partial charge < -0.3 is 10.0 Å². The molecular weight excluding hydrogens is 276 g/mol. The Morgan fingerprint density at radius 3 is 2.55 bits per heavy atom. The van der Waals surface area contributed by atoms with Crippen molar-refractivity contribution >= 4 is 0 Å². The van der Waals surface area contributed by atoms with Gasteiger partial charge in [0.15, 0.2) is 0 Å². The molecular formula is C17H30N4O. The Morgan fingerprint density at radius 2 is 1.91 bits per heavy atom. The summed E-state index contributed by atoms with van der Waals surface area (Å²) in [6.45, 7) is 12.3. The van der Waals surface area contributed by atoms with Crippen molar-refractivity contribution < 1.29 is 5.11 Å². The normalized spacial score (nSPS) is 27.0. The molecule has 0 saturated carbocycles. The largest absolute Gasteiger partial charge is 0.396 e. The maximum absolute atomic E-state index is 9.73. The van der Waals surface area contributed by atoms with E-state index in [4.69, 9.17) is 0 Å². The Labute approximate surface area is 133 Å². The van der Waals surface area contributed by atoms with Crippen molar-refractivity contribution in [3.05, 3.63) is 17.5 Å². The van der Waals surface area contributed by atoms with Crippen LogP contribution in [0.5, 0.6) is 0 Å². The number of hydrogen-bond donors (Lipinski definition) is 1. The number of aliphatic hydroxyl groups excluding tert-OH is 1. The predicted octanol–water partition coefficient (Wildman–Crippen LogP) is 1.35. The van der Waals surface area contributed by atoms with E-state index in [1.54, 1.807) is 0 Å². The van der Waals surface area contributed by atoms with E-state index in [1.807, 2.05) is 6.20 Å². The summed E-state index contributed by atoms with van der Waals surface area (Å²) >= 11 is 0. The average molecular weight is 306 g/mol. The standard InChI is InChI=1S/C17H30N4O/c1-3-21-14(2)15(8-18-21)9-20-11-16(17(12-20)13-22)10-19-6-4-5-7-19/h8,16-17,22H,3-7,9-13H2,1-2H3/t16-,17-/m1/s1. The Kier molecular flexibility index (Phi) is 5.16. The summed E-state index contributed by atoms with van der Waals surface area (Å²) in [5.74, 6) is 1.05. The van der Waals surface area contributed by atoms with Crippen LogP contribution >= 0.6 is 0 Å². The van der Waals surface area contributed by atoms with Gasteiger partial charge in [0.2, 0.25) is 0 Å². The second-order valence-electron chi connectivity index (χ2n) is 6.98. The number of hydrogen-bond acceptors (Lipinski definition) is 4. The van der Waals surface area contributed by atoms with E-state index in [-0.39, 0.29) is 0 Å². The fourth-order valence-corrected chi connectivity index (χ4v) is 4.08. The maximum Gasteiger partial charge on any atom is 0.0537 e. The summed E-state index contributed by atoms with van der Waals surface area (Å²) in [5, 5.41) is 14.2. The van der Waals surface area contributed by atoms with E-state index < -0.39 is 0 Å². The molecule has 3 heterocycles. The predicted molar refractivity (Wildman–Crippen MR) is 87.7 cm³/mol. The van der Waals surface area contributed by atoms with E-state index in [9.17, 15) is 5.11 Å². The Hall–Kier alpha value is -0.910. The quantitative estimate of drug-likeness (QED) is 0.862. The van der Waals surface area contributed by atoms with E-state index in [1.165, 1.54) is 37.2 Å². The highest BCUT2D eigenvalue weighted by Gasteiger charge is 2.34. The first-order chi connectivity index (χ1) is 10.7. The van der Waals surface area contributed by atoms with Crippen molar-refractivity contribution in [2.75, 3.05) is 39.3 Å². The molecule has 1 aromatic heterocycles. The molecule has 0 aromatic carbocycles. The topological polar surface area (TPSA) is 44.5 Å². The van der Waals surface area contributed by atoms with Crippen LogP contribution in [-0.4, -0.2) is 64.0 Å². The van der Waals surface area contributed by atoms with E-state index >= 15 is 0 Å². The van der Waals surface area contributed by atoms with E-state index in [2.05, 4.69) is 33.4 Å². The van der Waals surface area contributed by atoms with Gasteiger partial charge in [0.25, 0.3) is 0 Å². The van der Waals surface area contributed by atoms with Crippen LogP contribution in [0.3, 0.4) is 0 Å². The maximum atomic E-state index is 9.73.